The minimum Gasteiger partial charge on any atom is -0.207 e. The maximum atomic E-state index is 12.8. The maximum Gasteiger partial charge on any atom is 0.123 e. The molecule has 0 aromatic heterocycles. The molecule has 0 spiro atoms. The molecule has 1 heteroatoms. The minimum atomic E-state index is -0.170. The molecule has 0 fully saturated rings. The first-order valence-corrected chi connectivity index (χ1v) is 5.96. The van der Waals surface area contributed by atoms with Crippen LogP contribution in [0.3, 0.4) is 0 Å². The lowest BCUT2D eigenvalue weighted by molar-refractivity contribution is 0.625. The topological polar surface area (TPSA) is 0 Å². The highest BCUT2D eigenvalue weighted by molar-refractivity contribution is 5.26. The van der Waals surface area contributed by atoms with Gasteiger partial charge in [-0.05, 0) is 42.5 Å². The van der Waals surface area contributed by atoms with E-state index >= 15 is 0 Å². The molecule has 0 nitrogen and oxygen atoms in total. The van der Waals surface area contributed by atoms with Crippen LogP contribution in [0, 0.1) is 12.7 Å². The zero-order chi connectivity index (χ0) is 12.3. The van der Waals surface area contributed by atoms with Crippen molar-refractivity contribution in [3.05, 3.63) is 71.0 Å². The molecule has 0 bridgehead atoms. The quantitative estimate of drug-likeness (QED) is 0.726. The number of rotatable bonds is 3. The van der Waals surface area contributed by atoms with Gasteiger partial charge < -0.3 is 0 Å². The van der Waals surface area contributed by atoms with Crippen LogP contribution in [-0.2, 0) is 6.42 Å². The third-order valence-corrected chi connectivity index (χ3v) is 3.06. The van der Waals surface area contributed by atoms with Crippen molar-refractivity contribution in [2.24, 2.45) is 0 Å². The zero-order valence-corrected chi connectivity index (χ0v) is 10.3. The van der Waals surface area contributed by atoms with Crippen molar-refractivity contribution in [1.82, 2.24) is 0 Å². The van der Waals surface area contributed by atoms with Gasteiger partial charge in [-0.3, -0.25) is 0 Å². The van der Waals surface area contributed by atoms with Crippen LogP contribution in [0.5, 0.6) is 0 Å². The van der Waals surface area contributed by atoms with Crippen molar-refractivity contribution >= 4 is 0 Å². The van der Waals surface area contributed by atoms with E-state index in [0.29, 0.717) is 5.92 Å². The Balaban J connectivity index is 2.11. The van der Waals surface area contributed by atoms with Gasteiger partial charge in [0.05, 0.1) is 0 Å². The van der Waals surface area contributed by atoms with Gasteiger partial charge in [0, 0.05) is 0 Å². The minimum absolute atomic E-state index is 0.170. The summed E-state index contributed by atoms with van der Waals surface area (Å²) in [4.78, 5) is 0. The standard InChI is InChI=1S/C16H17F/c1-12-4-3-5-14(10-12)11-13(2)15-6-8-16(17)9-7-15/h3-10,13H,11H2,1-2H3. The lowest BCUT2D eigenvalue weighted by Gasteiger charge is -2.12. The molecule has 0 aliphatic carbocycles. The van der Waals surface area contributed by atoms with E-state index in [1.54, 1.807) is 0 Å². The molecule has 0 aliphatic rings. The SMILES string of the molecule is Cc1cccc(CC(C)c2ccc(F)cc2)c1. The van der Waals surface area contributed by atoms with Crippen molar-refractivity contribution in [1.29, 1.82) is 0 Å². The molecule has 0 heterocycles. The fourth-order valence-corrected chi connectivity index (χ4v) is 2.10. The van der Waals surface area contributed by atoms with E-state index in [4.69, 9.17) is 0 Å². The first-order valence-electron chi connectivity index (χ1n) is 5.96. The molecule has 1 atom stereocenters. The van der Waals surface area contributed by atoms with Crippen LogP contribution in [0.15, 0.2) is 48.5 Å². The number of hydrogen-bond donors (Lipinski definition) is 0. The Morgan fingerprint density at radius 1 is 1.06 bits per heavy atom. The summed E-state index contributed by atoms with van der Waals surface area (Å²) in [6, 6.07) is 15.3. The van der Waals surface area contributed by atoms with Crippen molar-refractivity contribution in [3.63, 3.8) is 0 Å². The summed E-state index contributed by atoms with van der Waals surface area (Å²) in [7, 11) is 0. The van der Waals surface area contributed by atoms with Crippen LogP contribution in [-0.4, -0.2) is 0 Å². The molecule has 0 saturated carbocycles. The first kappa shape index (κ1) is 11.8. The average Bonchev–Trinajstić information content (AvgIpc) is 2.29. The third kappa shape index (κ3) is 3.16. The summed E-state index contributed by atoms with van der Waals surface area (Å²) >= 11 is 0. The number of benzene rings is 2. The smallest absolute Gasteiger partial charge is 0.123 e. The number of halogens is 1. The van der Waals surface area contributed by atoms with Crippen molar-refractivity contribution in [2.75, 3.05) is 0 Å². The van der Waals surface area contributed by atoms with Crippen LogP contribution in [0.2, 0.25) is 0 Å². The van der Waals surface area contributed by atoms with E-state index < -0.39 is 0 Å². The summed E-state index contributed by atoms with van der Waals surface area (Å²) in [5.41, 5.74) is 3.81. The van der Waals surface area contributed by atoms with Gasteiger partial charge >= 0.3 is 0 Å². The summed E-state index contributed by atoms with van der Waals surface area (Å²) in [6.07, 6.45) is 0.993. The second-order valence-corrected chi connectivity index (χ2v) is 4.65. The van der Waals surface area contributed by atoms with Gasteiger partial charge in [-0.2, -0.15) is 0 Å². The average molecular weight is 228 g/mol. The van der Waals surface area contributed by atoms with E-state index in [0.717, 1.165) is 6.42 Å². The molecule has 0 N–H and O–H groups in total. The predicted octanol–water partition coefficient (Wildman–Crippen LogP) is 4.48. The molecule has 1 unspecified atom stereocenters. The molecule has 88 valence electrons. The van der Waals surface area contributed by atoms with Gasteiger partial charge in [0.1, 0.15) is 5.82 Å². The Bertz CT molecular complexity index is 485. The molecular weight excluding hydrogens is 211 g/mol. The van der Waals surface area contributed by atoms with Crippen LogP contribution in [0.4, 0.5) is 4.39 Å². The summed E-state index contributed by atoms with van der Waals surface area (Å²) in [5, 5.41) is 0. The number of aryl methyl sites for hydroxylation is 1. The highest BCUT2D eigenvalue weighted by atomic mass is 19.1. The fourth-order valence-electron chi connectivity index (χ4n) is 2.10. The highest BCUT2D eigenvalue weighted by Crippen LogP contribution is 2.21. The third-order valence-electron chi connectivity index (χ3n) is 3.06. The monoisotopic (exact) mass is 228 g/mol. The van der Waals surface area contributed by atoms with Crippen molar-refractivity contribution in [3.8, 4) is 0 Å². The molecule has 0 amide bonds. The molecule has 17 heavy (non-hydrogen) atoms. The van der Waals surface area contributed by atoms with E-state index in [1.807, 2.05) is 12.1 Å². The van der Waals surface area contributed by atoms with Crippen LogP contribution in [0.1, 0.15) is 29.5 Å². The van der Waals surface area contributed by atoms with E-state index in [1.165, 1.54) is 28.8 Å². The lowest BCUT2D eigenvalue weighted by atomic mass is 9.93. The molecule has 0 radical (unpaired) electrons. The Morgan fingerprint density at radius 3 is 2.41 bits per heavy atom. The molecule has 2 aromatic rings. The van der Waals surface area contributed by atoms with E-state index in [9.17, 15) is 4.39 Å². The lowest BCUT2D eigenvalue weighted by Crippen LogP contribution is -1.98. The van der Waals surface area contributed by atoms with Crippen molar-refractivity contribution < 1.29 is 4.39 Å². The Morgan fingerprint density at radius 2 is 1.76 bits per heavy atom. The van der Waals surface area contributed by atoms with Crippen LogP contribution >= 0.6 is 0 Å². The Labute approximate surface area is 102 Å². The molecule has 0 saturated heterocycles. The van der Waals surface area contributed by atoms with Gasteiger partial charge in [-0.15, -0.1) is 0 Å². The van der Waals surface area contributed by atoms with Gasteiger partial charge in [0.25, 0.3) is 0 Å². The van der Waals surface area contributed by atoms with Gasteiger partial charge in [0.15, 0.2) is 0 Å². The summed E-state index contributed by atoms with van der Waals surface area (Å²) in [5.74, 6) is 0.244. The second-order valence-electron chi connectivity index (χ2n) is 4.65. The number of hydrogen-bond acceptors (Lipinski definition) is 0. The second kappa shape index (κ2) is 5.13. The van der Waals surface area contributed by atoms with E-state index in [-0.39, 0.29) is 5.82 Å². The largest absolute Gasteiger partial charge is 0.207 e. The molecule has 2 rings (SSSR count). The summed E-state index contributed by atoms with van der Waals surface area (Å²) in [6.45, 7) is 4.28. The Kier molecular flexibility index (Phi) is 3.58. The molecule has 2 aromatic carbocycles. The molecule has 0 aliphatic heterocycles. The zero-order valence-electron chi connectivity index (χ0n) is 10.3. The normalized spacial score (nSPS) is 12.4. The van der Waals surface area contributed by atoms with Gasteiger partial charge in [-0.25, -0.2) is 4.39 Å². The van der Waals surface area contributed by atoms with Gasteiger partial charge in [0.2, 0.25) is 0 Å². The highest BCUT2D eigenvalue weighted by Gasteiger charge is 2.06. The predicted molar refractivity (Wildman–Crippen MR) is 69.7 cm³/mol. The van der Waals surface area contributed by atoms with Crippen LogP contribution < -0.4 is 0 Å². The Hall–Kier alpha value is -1.63. The van der Waals surface area contributed by atoms with Gasteiger partial charge in [-0.1, -0.05) is 48.9 Å². The summed E-state index contributed by atoms with van der Waals surface area (Å²) < 4.78 is 12.8. The maximum absolute atomic E-state index is 12.8. The fraction of sp³-hybridized carbons (Fsp3) is 0.250. The van der Waals surface area contributed by atoms with Crippen molar-refractivity contribution in [2.45, 2.75) is 26.2 Å². The van der Waals surface area contributed by atoms with Crippen LogP contribution in [0.25, 0.3) is 0 Å². The van der Waals surface area contributed by atoms with E-state index in [2.05, 4.69) is 38.1 Å². The first-order chi connectivity index (χ1) is 8.15. The molecular formula is C16H17F.